The number of hydrogen-bond acceptors (Lipinski definition) is 2. The maximum absolute atomic E-state index is 11.8. The third-order valence-electron chi connectivity index (χ3n) is 3.11. The van der Waals surface area contributed by atoms with Gasteiger partial charge in [0.15, 0.2) is 0 Å². The minimum absolute atomic E-state index is 0.0427. The third-order valence-corrected chi connectivity index (χ3v) is 4.08. The molecule has 0 aliphatic carbocycles. The highest BCUT2D eigenvalue weighted by atomic mass is 32.1. The van der Waals surface area contributed by atoms with Gasteiger partial charge in [-0.05, 0) is 36.6 Å². The summed E-state index contributed by atoms with van der Waals surface area (Å²) >= 11 is 1.68. The van der Waals surface area contributed by atoms with Crippen LogP contribution in [0.3, 0.4) is 0 Å². The van der Waals surface area contributed by atoms with Crippen LogP contribution in [0.4, 0.5) is 0 Å². The van der Waals surface area contributed by atoms with E-state index in [4.69, 9.17) is 0 Å². The second-order valence-electron chi connectivity index (χ2n) is 4.84. The van der Waals surface area contributed by atoms with Crippen LogP contribution < -0.4 is 5.32 Å². The van der Waals surface area contributed by atoms with Crippen molar-refractivity contribution < 1.29 is 4.79 Å². The highest BCUT2D eigenvalue weighted by Crippen LogP contribution is 2.16. The maximum Gasteiger partial charge on any atom is 0.244 e. The number of aryl methyl sites for hydroxylation is 1. The van der Waals surface area contributed by atoms with Crippen molar-refractivity contribution in [2.24, 2.45) is 0 Å². The fraction of sp³-hybridized carbons (Fsp3) is 0.235. The molecule has 20 heavy (non-hydrogen) atoms. The van der Waals surface area contributed by atoms with Gasteiger partial charge in [-0.15, -0.1) is 11.3 Å². The monoisotopic (exact) mass is 285 g/mol. The SMILES string of the molecule is Cc1ccc(/C=C/C(=O)NC[C@H](C)c2ccccc2)s1. The van der Waals surface area contributed by atoms with Crippen LogP contribution in [-0.2, 0) is 4.79 Å². The van der Waals surface area contributed by atoms with E-state index >= 15 is 0 Å². The van der Waals surface area contributed by atoms with Crippen LogP contribution in [0.2, 0.25) is 0 Å². The summed E-state index contributed by atoms with van der Waals surface area (Å²) in [4.78, 5) is 14.1. The molecule has 1 atom stereocenters. The molecule has 2 aromatic rings. The largest absolute Gasteiger partial charge is 0.352 e. The van der Waals surface area contributed by atoms with E-state index in [1.54, 1.807) is 17.4 Å². The normalized spacial score (nSPS) is 12.5. The number of nitrogens with one attached hydrogen (secondary N) is 1. The Morgan fingerprint density at radius 3 is 2.65 bits per heavy atom. The molecule has 0 fully saturated rings. The van der Waals surface area contributed by atoms with Crippen LogP contribution in [0.1, 0.15) is 28.2 Å². The molecule has 2 nitrogen and oxygen atoms in total. The van der Waals surface area contributed by atoms with Crippen LogP contribution in [0.5, 0.6) is 0 Å². The predicted molar refractivity (Wildman–Crippen MR) is 86.0 cm³/mol. The van der Waals surface area contributed by atoms with Crippen molar-refractivity contribution in [2.75, 3.05) is 6.54 Å². The summed E-state index contributed by atoms with van der Waals surface area (Å²) in [5, 5.41) is 2.94. The number of hydrogen-bond donors (Lipinski definition) is 1. The predicted octanol–water partition coefficient (Wildman–Crippen LogP) is 3.99. The van der Waals surface area contributed by atoms with Gasteiger partial charge in [0.05, 0.1) is 0 Å². The van der Waals surface area contributed by atoms with Gasteiger partial charge in [0.25, 0.3) is 0 Å². The second kappa shape index (κ2) is 7.06. The molecule has 0 bridgehead atoms. The van der Waals surface area contributed by atoms with E-state index in [1.807, 2.05) is 30.3 Å². The average Bonchev–Trinajstić information content (AvgIpc) is 2.89. The van der Waals surface area contributed by atoms with E-state index in [0.29, 0.717) is 12.5 Å². The smallest absolute Gasteiger partial charge is 0.244 e. The first-order chi connectivity index (χ1) is 9.65. The number of rotatable bonds is 5. The molecule has 0 radical (unpaired) electrons. The van der Waals surface area contributed by atoms with E-state index in [9.17, 15) is 4.79 Å². The summed E-state index contributed by atoms with van der Waals surface area (Å²) in [6.45, 7) is 4.82. The highest BCUT2D eigenvalue weighted by molar-refractivity contribution is 7.12. The van der Waals surface area contributed by atoms with Crippen molar-refractivity contribution >= 4 is 23.3 Å². The van der Waals surface area contributed by atoms with Gasteiger partial charge >= 0.3 is 0 Å². The topological polar surface area (TPSA) is 29.1 Å². The lowest BCUT2D eigenvalue weighted by atomic mass is 10.0. The quantitative estimate of drug-likeness (QED) is 0.827. The maximum atomic E-state index is 11.8. The number of carbonyl (C=O) groups excluding carboxylic acids is 1. The zero-order valence-corrected chi connectivity index (χ0v) is 12.6. The summed E-state index contributed by atoms with van der Waals surface area (Å²) < 4.78 is 0. The van der Waals surface area contributed by atoms with Crippen molar-refractivity contribution in [2.45, 2.75) is 19.8 Å². The molecule has 1 N–H and O–H groups in total. The molecule has 1 amide bonds. The molecular formula is C17H19NOS. The molecule has 0 aliphatic rings. The van der Waals surface area contributed by atoms with Gasteiger partial charge in [0, 0.05) is 22.4 Å². The number of thiophene rings is 1. The summed E-state index contributed by atoms with van der Waals surface area (Å²) in [5.41, 5.74) is 1.24. The van der Waals surface area contributed by atoms with Crippen molar-refractivity contribution in [1.29, 1.82) is 0 Å². The molecule has 2 rings (SSSR count). The molecule has 0 saturated carbocycles. The molecule has 3 heteroatoms. The summed E-state index contributed by atoms with van der Waals surface area (Å²) in [6, 6.07) is 14.3. The van der Waals surface area contributed by atoms with Gasteiger partial charge in [-0.1, -0.05) is 37.3 Å². The van der Waals surface area contributed by atoms with Crippen molar-refractivity contribution in [3.05, 3.63) is 63.9 Å². The highest BCUT2D eigenvalue weighted by Gasteiger charge is 2.05. The molecule has 1 aromatic heterocycles. The summed E-state index contributed by atoms with van der Waals surface area (Å²) in [7, 11) is 0. The first-order valence-corrected chi connectivity index (χ1v) is 7.54. The van der Waals surface area contributed by atoms with Gasteiger partial charge < -0.3 is 5.32 Å². The lowest BCUT2D eigenvalue weighted by Crippen LogP contribution is -2.25. The first-order valence-electron chi connectivity index (χ1n) is 6.72. The molecule has 0 unspecified atom stereocenters. The van der Waals surface area contributed by atoms with Crippen LogP contribution >= 0.6 is 11.3 Å². The third kappa shape index (κ3) is 4.35. The van der Waals surface area contributed by atoms with Crippen LogP contribution in [0, 0.1) is 6.92 Å². The molecule has 0 saturated heterocycles. The van der Waals surface area contributed by atoms with Crippen LogP contribution in [0.15, 0.2) is 48.5 Å². The molecule has 1 heterocycles. The Labute approximate surface area is 124 Å². The number of benzene rings is 1. The molecule has 0 spiro atoms. The fourth-order valence-electron chi connectivity index (χ4n) is 1.91. The Kier molecular flexibility index (Phi) is 5.13. The van der Waals surface area contributed by atoms with Crippen molar-refractivity contribution in [3.63, 3.8) is 0 Å². The zero-order chi connectivity index (χ0) is 14.4. The lowest BCUT2D eigenvalue weighted by molar-refractivity contribution is -0.116. The van der Waals surface area contributed by atoms with Crippen LogP contribution in [-0.4, -0.2) is 12.5 Å². The van der Waals surface area contributed by atoms with Crippen molar-refractivity contribution in [1.82, 2.24) is 5.32 Å². The Balaban J connectivity index is 1.82. The van der Waals surface area contributed by atoms with Gasteiger partial charge in [0.1, 0.15) is 0 Å². The summed E-state index contributed by atoms with van der Waals surface area (Å²) in [5.74, 6) is 0.274. The zero-order valence-electron chi connectivity index (χ0n) is 11.8. The first kappa shape index (κ1) is 14.5. The number of amides is 1. The molecule has 1 aromatic carbocycles. The number of carbonyl (C=O) groups is 1. The van der Waals surface area contributed by atoms with E-state index in [2.05, 4.69) is 37.4 Å². The standard InChI is InChI=1S/C17H19NOS/c1-13(15-6-4-3-5-7-15)12-18-17(19)11-10-16-9-8-14(2)20-16/h3-11,13H,12H2,1-2H3,(H,18,19)/b11-10+/t13-/m0/s1. The van der Waals surface area contributed by atoms with Gasteiger partial charge in [-0.2, -0.15) is 0 Å². The minimum Gasteiger partial charge on any atom is -0.352 e. The Morgan fingerprint density at radius 1 is 1.25 bits per heavy atom. The summed E-state index contributed by atoms with van der Waals surface area (Å²) in [6.07, 6.45) is 3.46. The Morgan fingerprint density at radius 2 is 2.00 bits per heavy atom. The minimum atomic E-state index is -0.0427. The van der Waals surface area contributed by atoms with E-state index in [-0.39, 0.29) is 5.91 Å². The molecule has 104 valence electrons. The Bertz CT molecular complexity index is 586. The fourth-order valence-corrected chi connectivity index (χ4v) is 2.69. The Hall–Kier alpha value is -1.87. The van der Waals surface area contributed by atoms with Crippen LogP contribution in [0.25, 0.3) is 6.08 Å². The van der Waals surface area contributed by atoms with Gasteiger partial charge in [-0.3, -0.25) is 4.79 Å². The average molecular weight is 285 g/mol. The van der Waals surface area contributed by atoms with Crippen molar-refractivity contribution in [3.8, 4) is 0 Å². The second-order valence-corrected chi connectivity index (χ2v) is 6.16. The van der Waals surface area contributed by atoms with E-state index < -0.39 is 0 Å². The van der Waals surface area contributed by atoms with Gasteiger partial charge in [-0.25, -0.2) is 0 Å². The van der Waals surface area contributed by atoms with Gasteiger partial charge in [0.2, 0.25) is 5.91 Å². The van der Waals surface area contributed by atoms with E-state index in [1.165, 1.54) is 10.4 Å². The molecule has 0 aliphatic heterocycles. The molecular weight excluding hydrogens is 266 g/mol. The lowest BCUT2D eigenvalue weighted by Gasteiger charge is -2.11. The van der Waals surface area contributed by atoms with E-state index in [0.717, 1.165) is 4.88 Å².